The van der Waals surface area contributed by atoms with Crippen LogP contribution in [0.3, 0.4) is 0 Å². The topological polar surface area (TPSA) is 20.3 Å². The highest BCUT2D eigenvalue weighted by Crippen LogP contribution is 2.32. The van der Waals surface area contributed by atoms with E-state index >= 15 is 0 Å². The third-order valence-electron chi connectivity index (χ3n) is 4.45. The fourth-order valence-corrected chi connectivity index (χ4v) is 3.37. The largest absolute Gasteiger partial charge is 0.370 e. The van der Waals surface area contributed by atoms with Crippen molar-refractivity contribution >= 4 is 11.5 Å². The van der Waals surface area contributed by atoms with E-state index in [-0.39, 0.29) is 5.92 Å². The molecule has 2 atom stereocenters. The summed E-state index contributed by atoms with van der Waals surface area (Å²) in [7, 11) is 0. The molecule has 0 N–H and O–H groups in total. The molecule has 18 heavy (non-hydrogen) atoms. The maximum absolute atomic E-state index is 12.0. The minimum atomic E-state index is 0.264. The molecule has 1 aliphatic carbocycles. The average Bonchev–Trinajstić information content (AvgIpc) is 2.78. The second kappa shape index (κ2) is 4.75. The lowest BCUT2D eigenvalue weighted by Crippen LogP contribution is -2.35. The summed E-state index contributed by atoms with van der Waals surface area (Å²) >= 11 is 0. The Morgan fingerprint density at radius 1 is 1.28 bits per heavy atom. The number of benzene rings is 1. The third-order valence-corrected chi connectivity index (χ3v) is 4.45. The van der Waals surface area contributed by atoms with Crippen LogP contribution in [0.2, 0.25) is 0 Å². The molecule has 0 bridgehead atoms. The number of hydrogen-bond donors (Lipinski definition) is 0. The predicted molar refractivity (Wildman–Crippen MR) is 73.9 cm³/mol. The quantitative estimate of drug-likeness (QED) is 0.795. The molecule has 1 saturated carbocycles. The van der Waals surface area contributed by atoms with E-state index in [1.54, 1.807) is 0 Å². The van der Waals surface area contributed by atoms with Crippen LogP contribution in [0.4, 0.5) is 5.69 Å². The van der Waals surface area contributed by atoms with E-state index in [9.17, 15) is 4.79 Å². The molecular weight excluding hydrogens is 222 g/mol. The van der Waals surface area contributed by atoms with Crippen LogP contribution in [0.1, 0.15) is 31.7 Å². The van der Waals surface area contributed by atoms with Crippen molar-refractivity contribution in [2.45, 2.75) is 32.6 Å². The molecule has 0 aromatic heterocycles. The van der Waals surface area contributed by atoms with Gasteiger partial charge in [-0.2, -0.15) is 0 Å². The summed E-state index contributed by atoms with van der Waals surface area (Å²) in [6.07, 6.45) is 4.09. The number of rotatable bonds is 2. The van der Waals surface area contributed by atoms with Gasteiger partial charge in [-0.3, -0.25) is 4.79 Å². The van der Waals surface area contributed by atoms with Gasteiger partial charge in [0.15, 0.2) is 0 Å². The van der Waals surface area contributed by atoms with Crippen LogP contribution in [0, 0.1) is 11.8 Å². The van der Waals surface area contributed by atoms with Crippen molar-refractivity contribution in [1.82, 2.24) is 0 Å². The molecule has 3 rings (SSSR count). The zero-order valence-electron chi connectivity index (χ0n) is 11.1. The summed E-state index contributed by atoms with van der Waals surface area (Å²) in [5, 5.41) is 0. The first kappa shape index (κ1) is 11.8. The van der Waals surface area contributed by atoms with Crippen molar-refractivity contribution in [3.05, 3.63) is 29.8 Å². The first-order valence-corrected chi connectivity index (χ1v) is 7.09. The Labute approximate surface area is 109 Å². The van der Waals surface area contributed by atoms with Crippen LogP contribution in [0.5, 0.6) is 0 Å². The first-order valence-electron chi connectivity index (χ1n) is 7.09. The molecule has 1 aliphatic heterocycles. The maximum atomic E-state index is 12.0. The van der Waals surface area contributed by atoms with Crippen LogP contribution in [0.25, 0.3) is 0 Å². The standard InChI is InChI=1S/C16H21NO/c1-12-6-7-16(18)14(10-12)11-17-9-8-13-4-2-3-5-15(13)17/h2-5,12,14H,6-11H2,1H3. The van der Waals surface area contributed by atoms with Crippen molar-refractivity contribution in [2.75, 3.05) is 18.0 Å². The highest BCUT2D eigenvalue weighted by molar-refractivity contribution is 5.82. The zero-order chi connectivity index (χ0) is 12.5. The van der Waals surface area contributed by atoms with E-state index < -0.39 is 0 Å². The summed E-state index contributed by atoms with van der Waals surface area (Å²) in [6.45, 7) is 4.29. The molecule has 2 heteroatoms. The molecule has 0 amide bonds. The first-order chi connectivity index (χ1) is 8.74. The van der Waals surface area contributed by atoms with Gasteiger partial charge in [0.25, 0.3) is 0 Å². The van der Waals surface area contributed by atoms with Crippen LogP contribution in [-0.2, 0) is 11.2 Å². The van der Waals surface area contributed by atoms with Gasteiger partial charge < -0.3 is 4.90 Å². The minimum absolute atomic E-state index is 0.264. The zero-order valence-corrected chi connectivity index (χ0v) is 11.1. The summed E-state index contributed by atoms with van der Waals surface area (Å²) in [4.78, 5) is 14.4. The number of Topliss-reactive ketones (excluding diaryl/α,β-unsaturated/α-hetero) is 1. The van der Waals surface area contributed by atoms with E-state index in [1.165, 1.54) is 11.3 Å². The Morgan fingerprint density at radius 2 is 2.11 bits per heavy atom. The van der Waals surface area contributed by atoms with E-state index in [0.29, 0.717) is 11.7 Å². The number of hydrogen-bond acceptors (Lipinski definition) is 2. The van der Waals surface area contributed by atoms with Gasteiger partial charge in [0, 0.05) is 31.1 Å². The van der Waals surface area contributed by atoms with Crippen molar-refractivity contribution in [3.8, 4) is 0 Å². The molecule has 2 aliphatic rings. The predicted octanol–water partition coefficient (Wildman–Crippen LogP) is 3.05. The molecule has 2 unspecified atom stereocenters. The lowest BCUT2D eigenvalue weighted by atomic mass is 9.81. The van der Waals surface area contributed by atoms with Gasteiger partial charge in [-0.1, -0.05) is 25.1 Å². The van der Waals surface area contributed by atoms with Gasteiger partial charge in [-0.25, -0.2) is 0 Å². The highest BCUT2D eigenvalue weighted by Gasteiger charge is 2.29. The van der Waals surface area contributed by atoms with E-state index in [0.717, 1.165) is 38.8 Å². The summed E-state index contributed by atoms with van der Waals surface area (Å²) in [5.41, 5.74) is 2.79. The smallest absolute Gasteiger partial charge is 0.137 e. The Bertz CT molecular complexity index is 454. The number of anilines is 1. The van der Waals surface area contributed by atoms with Crippen molar-refractivity contribution < 1.29 is 4.79 Å². The second-order valence-corrected chi connectivity index (χ2v) is 5.87. The number of nitrogens with zero attached hydrogens (tertiary/aromatic N) is 1. The molecule has 96 valence electrons. The van der Waals surface area contributed by atoms with Gasteiger partial charge in [0.05, 0.1) is 0 Å². The Morgan fingerprint density at radius 3 is 3.00 bits per heavy atom. The van der Waals surface area contributed by atoms with E-state index in [2.05, 4.69) is 36.1 Å². The fraction of sp³-hybridized carbons (Fsp3) is 0.562. The van der Waals surface area contributed by atoms with Crippen molar-refractivity contribution in [1.29, 1.82) is 0 Å². The number of ketones is 1. The lowest BCUT2D eigenvalue weighted by molar-refractivity contribution is -0.125. The van der Waals surface area contributed by atoms with E-state index in [1.807, 2.05) is 0 Å². The molecular formula is C16H21NO. The summed E-state index contributed by atoms with van der Waals surface area (Å²) in [6, 6.07) is 8.61. The van der Waals surface area contributed by atoms with Gasteiger partial charge in [0.1, 0.15) is 5.78 Å². The summed E-state index contributed by atoms with van der Waals surface area (Å²) in [5.74, 6) is 1.46. The lowest BCUT2D eigenvalue weighted by Gasteiger charge is -2.30. The van der Waals surface area contributed by atoms with Crippen LogP contribution in [0.15, 0.2) is 24.3 Å². The molecule has 1 aromatic rings. The van der Waals surface area contributed by atoms with Crippen molar-refractivity contribution in [2.24, 2.45) is 11.8 Å². The van der Waals surface area contributed by atoms with Crippen LogP contribution >= 0.6 is 0 Å². The molecule has 0 saturated heterocycles. The fourth-order valence-electron chi connectivity index (χ4n) is 3.37. The molecule has 2 nitrogen and oxygen atoms in total. The minimum Gasteiger partial charge on any atom is -0.370 e. The molecule has 1 fully saturated rings. The van der Waals surface area contributed by atoms with Gasteiger partial charge >= 0.3 is 0 Å². The maximum Gasteiger partial charge on any atom is 0.137 e. The van der Waals surface area contributed by atoms with Crippen LogP contribution in [-0.4, -0.2) is 18.9 Å². The average molecular weight is 243 g/mol. The highest BCUT2D eigenvalue weighted by atomic mass is 16.1. The van der Waals surface area contributed by atoms with Gasteiger partial charge in [-0.15, -0.1) is 0 Å². The monoisotopic (exact) mass is 243 g/mol. The normalized spacial score (nSPS) is 27.4. The number of fused-ring (bicyclic) bond motifs is 1. The number of carbonyl (C=O) groups is 1. The van der Waals surface area contributed by atoms with Gasteiger partial charge in [0.2, 0.25) is 0 Å². The number of para-hydroxylation sites is 1. The molecule has 1 aromatic carbocycles. The Hall–Kier alpha value is -1.31. The molecule has 0 spiro atoms. The van der Waals surface area contributed by atoms with Crippen LogP contribution < -0.4 is 4.90 Å². The molecule has 1 heterocycles. The van der Waals surface area contributed by atoms with Gasteiger partial charge in [-0.05, 0) is 36.8 Å². The number of carbonyl (C=O) groups excluding carboxylic acids is 1. The third kappa shape index (κ3) is 2.16. The summed E-state index contributed by atoms with van der Waals surface area (Å²) < 4.78 is 0. The molecule has 0 radical (unpaired) electrons. The second-order valence-electron chi connectivity index (χ2n) is 5.87. The Balaban J connectivity index is 1.72. The van der Waals surface area contributed by atoms with Crippen molar-refractivity contribution in [3.63, 3.8) is 0 Å². The SMILES string of the molecule is CC1CCC(=O)C(CN2CCc3ccccc32)C1. The Kier molecular flexibility index (Phi) is 3.11. The van der Waals surface area contributed by atoms with E-state index in [4.69, 9.17) is 0 Å².